The first-order chi connectivity index (χ1) is 13.1. The number of fused-ring (bicyclic) bond motifs is 1. The lowest BCUT2D eigenvalue weighted by atomic mass is 10.2. The van der Waals surface area contributed by atoms with Gasteiger partial charge in [-0.1, -0.05) is 24.3 Å². The molecular formula is C21H19N3O2S. The zero-order valence-electron chi connectivity index (χ0n) is 15.3. The Hall–Kier alpha value is -3.12. The first kappa shape index (κ1) is 17.3. The lowest BCUT2D eigenvalue weighted by molar-refractivity contribution is 0.103. The fourth-order valence-electron chi connectivity index (χ4n) is 3.02. The highest BCUT2D eigenvalue weighted by Gasteiger charge is 2.18. The molecule has 2 heterocycles. The molecule has 5 nitrogen and oxygen atoms in total. The molecule has 2 aromatic carbocycles. The Morgan fingerprint density at radius 1 is 1.11 bits per heavy atom. The summed E-state index contributed by atoms with van der Waals surface area (Å²) in [6.07, 6.45) is 0. The third-order valence-corrected chi connectivity index (χ3v) is 5.55. The predicted molar refractivity (Wildman–Crippen MR) is 109 cm³/mol. The van der Waals surface area contributed by atoms with Crippen molar-refractivity contribution in [1.82, 2.24) is 9.78 Å². The highest BCUT2D eigenvalue weighted by Crippen LogP contribution is 2.31. The number of aryl methyl sites for hydroxylation is 2. The molecule has 0 bridgehead atoms. The van der Waals surface area contributed by atoms with E-state index in [1.807, 2.05) is 54.1 Å². The largest absolute Gasteiger partial charge is 0.497 e. The highest BCUT2D eigenvalue weighted by atomic mass is 32.1. The summed E-state index contributed by atoms with van der Waals surface area (Å²) in [6.45, 7) is 4.02. The molecule has 4 aromatic rings. The van der Waals surface area contributed by atoms with Crippen LogP contribution in [0.5, 0.6) is 5.75 Å². The minimum atomic E-state index is -0.139. The Labute approximate surface area is 161 Å². The van der Waals surface area contributed by atoms with E-state index in [4.69, 9.17) is 4.74 Å². The van der Waals surface area contributed by atoms with Crippen molar-refractivity contribution < 1.29 is 9.53 Å². The molecule has 0 saturated heterocycles. The number of nitrogens with one attached hydrogen (secondary N) is 1. The molecule has 2 aromatic heterocycles. The normalized spacial score (nSPS) is 10.9. The molecule has 0 radical (unpaired) electrons. The van der Waals surface area contributed by atoms with Crippen LogP contribution in [-0.2, 0) is 0 Å². The smallest absolute Gasteiger partial charge is 0.265 e. The van der Waals surface area contributed by atoms with Gasteiger partial charge in [0, 0.05) is 17.1 Å². The van der Waals surface area contributed by atoms with Gasteiger partial charge in [0.25, 0.3) is 5.91 Å². The van der Waals surface area contributed by atoms with Gasteiger partial charge in [0.05, 0.1) is 23.4 Å². The molecule has 0 aliphatic carbocycles. The molecular weight excluding hydrogens is 358 g/mol. The quantitative estimate of drug-likeness (QED) is 0.547. The van der Waals surface area contributed by atoms with Crippen molar-refractivity contribution in [3.63, 3.8) is 0 Å². The Morgan fingerprint density at radius 2 is 1.93 bits per heavy atom. The zero-order valence-corrected chi connectivity index (χ0v) is 16.1. The van der Waals surface area contributed by atoms with Crippen molar-refractivity contribution >= 4 is 33.1 Å². The average Bonchev–Trinajstić information content (AvgIpc) is 3.23. The molecule has 4 rings (SSSR count). The van der Waals surface area contributed by atoms with E-state index in [1.54, 1.807) is 13.2 Å². The Morgan fingerprint density at radius 3 is 2.70 bits per heavy atom. The lowest BCUT2D eigenvalue weighted by Gasteiger charge is -2.06. The molecule has 0 aliphatic rings. The summed E-state index contributed by atoms with van der Waals surface area (Å²) < 4.78 is 7.13. The summed E-state index contributed by atoms with van der Waals surface area (Å²) in [5.41, 5.74) is 3.77. The maximum atomic E-state index is 12.7. The third-order valence-electron chi connectivity index (χ3n) is 4.44. The van der Waals surface area contributed by atoms with Crippen LogP contribution in [0.3, 0.4) is 0 Å². The lowest BCUT2D eigenvalue weighted by Crippen LogP contribution is -2.10. The van der Waals surface area contributed by atoms with Crippen LogP contribution in [0.4, 0.5) is 5.69 Å². The number of ether oxygens (including phenoxy) is 1. The number of hydrogen-bond acceptors (Lipinski definition) is 4. The molecule has 0 spiro atoms. The molecule has 0 atom stereocenters. The summed E-state index contributed by atoms with van der Waals surface area (Å²) in [5, 5.41) is 8.60. The molecule has 136 valence electrons. The van der Waals surface area contributed by atoms with Gasteiger partial charge >= 0.3 is 0 Å². The van der Waals surface area contributed by atoms with Gasteiger partial charge < -0.3 is 10.1 Å². The van der Waals surface area contributed by atoms with E-state index in [0.29, 0.717) is 16.3 Å². The molecule has 0 saturated carbocycles. The topological polar surface area (TPSA) is 56.1 Å². The van der Waals surface area contributed by atoms with E-state index in [2.05, 4.69) is 23.4 Å². The van der Waals surface area contributed by atoms with Crippen molar-refractivity contribution in [2.45, 2.75) is 13.8 Å². The second-order valence-electron chi connectivity index (χ2n) is 6.30. The number of benzene rings is 2. The second kappa shape index (κ2) is 6.89. The number of rotatable bonds is 4. The van der Waals surface area contributed by atoms with Gasteiger partial charge in [-0.15, -0.1) is 11.3 Å². The maximum absolute atomic E-state index is 12.7. The van der Waals surface area contributed by atoms with Crippen molar-refractivity contribution in [2.75, 3.05) is 12.4 Å². The first-order valence-electron chi connectivity index (χ1n) is 8.57. The van der Waals surface area contributed by atoms with Crippen LogP contribution in [-0.4, -0.2) is 22.8 Å². The van der Waals surface area contributed by atoms with Crippen LogP contribution >= 0.6 is 11.3 Å². The number of methoxy groups -OCH3 is 1. The molecule has 6 heteroatoms. The molecule has 1 N–H and O–H groups in total. The Bertz CT molecular complexity index is 1140. The van der Waals surface area contributed by atoms with Crippen LogP contribution < -0.4 is 10.1 Å². The number of carbonyl (C=O) groups is 1. The molecule has 0 aliphatic heterocycles. The van der Waals surface area contributed by atoms with Crippen LogP contribution in [0.25, 0.3) is 15.9 Å². The van der Waals surface area contributed by atoms with E-state index in [1.165, 1.54) is 11.3 Å². The number of hydrogen-bond donors (Lipinski definition) is 1. The summed E-state index contributed by atoms with van der Waals surface area (Å²) in [7, 11) is 1.60. The maximum Gasteiger partial charge on any atom is 0.265 e. The minimum absolute atomic E-state index is 0.139. The summed E-state index contributed by atoms with van der Waals surface area (Å²) in [4.78, 5) is 14.4. The van der Waals surface area contributed by atoms with Crippen molar-refractivity contribution in [3.05, 3.63) is 70.7 Å². The van der Waals surface area contributed by atoms with Crippen LogP contribution in [0.2, 0.25) is 0 Å². The van der Waals surface area contributed by atoms with Gasteiger partial charge in [-0.2, -0.15) is 5.10 Å². The monoisotopic (exact) mass is 377 g/mol. The standard InChI is InChI=1S/C21H19N3O2S/c1-13-7-4-5-10-18(13)24-21-17(14(2)23-24)12-19(27-21)20(25)22-15-8-6-9-16(11-15)26-3/h4-12H,1-3H3,(H,22,25). The summed E-state index contributed by atoms with van der Waals surface area (Å²) in [5.74, 6) is 0.565. The molecule has 1 amide bonds. The van der Waals surface area contributed by atoms with Gasteiger partial charge in [-0.3, -0.25) is 4.79 Å². The number of aromatic nitrogens is 2. The van der Waals surface area contributed by atoms with Gasteiger partial charge in [0.2, 0.25) is 0 Å². The number of anilines is 1. The minimum Gasteiger partial charge on any atom is -0.497 e. The number of amides is 1. The van der Waals surface area contributed by atoms with E-state index in [-0.39, 0.29) is 5.91 Å². The second-order valence-corrected chi connectivity index (χ2v) is 7.33. The van der Waals surface area contributed by atoms with Gasteiger partial charge in [0.15, 0.2) is 0 Å². The third kappa shape index (κ3) is 3.19. The van der Waals surface area contributed by atoms with Gasteiger partial charge in [-0.05, 0) is 43.7 Å². The number of para-hydroxylation sites is 1. The summed E-state index contributed by atoms with van der Waals surface area (Å²) >= 11 is 1.44. The number of carbonyl (C=O) groups excluding carboxylic acids is 1. The Kier molecular flexibility index (Phi) is 4.41. The Balaban J connectivity index is 1.70. The van der Waals surface area contributed by atoms with Crippen LogP contribution in [0.15, 0.2) is 54.6 Å². The average molecular weight is 377 g/mol. The van der Waals surface area contributed by atoms with E-state index < -0.39 is 0 Å². The van der Waals surface area contributed by atoms with Crippen molar-refractivity contribution in [3.8, 4) is 11.4 Å². The first-order valence-corrected chi connectivity index (χ1v) is 9.39. The van der Waals surface area contributed by atoms with E-state index in [9.17, 15) is 4.79 Å². The van der Waals surface area contributed by atoms with Gasteiger partial charge in [-0.25, -0.2) is 4.68 Å². The fraction of sp³-hybridized carbons (Fsp3) is 0.143. The molecule has 27 heavy (non-hydrogen) atoms. The van der Waals surface area contributed by atoms with Crippen molar-refractivity contribution in [1.29, 1.82) is 0 Å². The number of nitrogens with zero attached hydrogens (tertiary/aromatic N) is 2. The fourth-order valence-corrected chi connectivity index (χ4v) is 4.09. The van der Waals surface area contributed by atoms with Crippen LogP contribution in [0.1, 0.15) is 20.9 Å². The van der Waals surface area contributed by atoms with E-state index in [0.717, 1.165) is 27.2 Å². The summed E-state index contributed by atoms with van der Waals surface area (Å²) in [6, 6.07) is 17.3. The predicted octanol–water partition coefficient (Wildman–Crippen LogP) is 4.96. The SMILES string of the molecule is COc1cccc(NC(=O)c2cc3c(C)nn(-c4ccccc4C)c3s2)c1. The van der Waals surface area contributed by atoms with Crippen LogP contribution in [0, 0.1) is 13.8 Å². The van der Waals surface area contributed by atoms with Gasteiger partial charge in [0.1, 0.15) is 10.6 Å². The number of thiophene rings is 1. The molecule has 0 fully saturated rings. The molecule has 0 unspecified atom stereocenters. The zero-order chi connectivity index (χ0) is 19.0. The highest BCUT2D eigenvalue weighted by molar-refractivity contribution is 7.20. The van der Waals surface area contributed by atoms with E-state index >= 15 is 0 Å². The van der Waals surface area contributed by atoms with Crippen molar-refractivity contribution in [2.24, 2.45) is 0 Å².